The molecule has 3 aliphatic heterocycles. The molecule has 2 aliphatic carbocycles. The summed E-state index contributed by atoms with van der Waals surface area (Å²) in [6.07, 6.45) is 10.1. The summed E-state index contributed by atoms with van der Waals surface area (Å²) in [4.78, 5) is 69.4. The van der Waals surface area contributed by atoms with E-state index in [0.29, 0.717) is 30.4 Å². The summed E-state index contributed by atoms with van der Waals surface area (Å²) in [5, 5.41) is 18.6. The topological polar surface area (TPSA) is 157 Å². The molecule has 0 aromatic heterocycles. The lowest BCUT2D eigenvalue weighted by Crippen LogP contribution is -2.57. The molecule has 0 spiro atoms. The molecule has 0 bridgehead atoms. The van der Waals surface area contributed by atoms with Crippen LogP contribution in [0.2, 0.25) is 0 Å². The first kappa shape index (κ1) is 32.8. The van der Waals surface area contributed by atoms with Gasteiger partial charge in [0.2, 0.25) is 11.8 Å². The summed E-state index contributed by atoms with van der Waals surface area (Å²) in [6, 6.07) is 2.34. The van der Waals surface area contributed by atoms with Crippen LogP contribution in [-0.2, 0) is 32.1 Å². The van der Waals surface area contributed by atoms with Crippen molar-refractivity contribution in [2.24, 2.45) is 5.92 Å². The van der Waals surface area contributed by atoms with Crippen LogP contribution in [0.25, 0.3) is 0 Å². The molecule has 3 heterocycles. The molecule has 5 aliphatic rings. The third-order valence-electron chi connectivity index (χ3n) is 10.4. The van der Waals surface area contributed by atoms with Gasteiger partial charge in [0.15, 0.2) is 0 Å². The normalized spacial score (nSPS) is 29.8. The average Bonchev–Trinajstić information content (AvgIpc) is 3.33. The van der Waals surface area contributed by atoms with Crippen molar-refractivity contribution < 1.29 is 38.2 Å². The molecule has 254 valence electrons. The van der Waals surface area contributed by atoms with E-state index >= 15 is 0 Å². The van der Waals surface area contributed by atoms with Gasteiger partial charge in [-0.3, -0.25) is 9.59 Å². The molecule has 47 heavy (non-hydrogen) atoms. The molecule has 0 radical (unpaired) electrons. The predicted octanol–water partition coefficient (Wildman–Crippen LogP) is 3.38. The first-order chi connectivity index (χ1) is 22.6. The molecule has 2 saturated carbocycles. The standard InChI is InChI=1S/C34H44FN5O7/c35-26-13-8-9-21-19-39(16-15-25(21)26)33(46)47-24-17-28-29(41)38-34(31(43)44)18-22(34)10-4-2-1-3-5-14-27(30(42)40(28)20-24)37-32(45)36-23-11-6-7-12-23/h4,8-10,13,22-24,27-28H,1-3,5-7,11-12,14-20H2,(H,38,41)(H,43,44)(H2,36,37,45)/t22-,24-,27+,28+,34-/m1/s1. The first-order valence-corrected chi connectivity index (χ1v) is 17.0. The van der Waals surface area contributed by atoms with Crippen LogP contribution in [0.1, 0.15) is 81.8 Å². The lowest BCUT2D eigenvalue weighted by Gasteiger charge is -2.30. The monoisotopic (exact) mass is 653 g/mol. The lowest BCUT2D eigenvalue weighted by molar-refractivity contribution is -0.145. The van der Waals surface area contributed by atoms with Crippen LogP contribution in [0, 0.1) is 11.7 Å². The maximum atomic E-state index is 14.2. The van der Waals surface area contributed by atoms with E-state index in [4.69, 9.17) is 4.74 Å². The van der Waals surface area contributed by atoms with Crippen molar-refractivity contribution in [3.8, 4) is 0 Å². The van der Waals surface area contributed by atoms with Gasteiger partial charge >= 0.3 is 18.1 Å². The van der Waals surface area contributed by atoms with Gasteiger partial charge in [-0.25, -0.2) is 18.8 Å². The fourth-order valence-corrected chi connectivity index (χ4v) is 7.54. The average molecular weight is 654 g/mol. The molecule has 12 nitrogen and oxygen atoms in total. The van der Waals surface area contributed by atoms with Crippen LogP contribution in [-0.4, -0.2) is 87.7 Å². The molecule has 3 fully saturated rings. The van der Waals surface area contributed by atoms with Gasteiger partial charge in [-0.1, -0.05) is 50.0 Å². The van der Waals surface area contributed by atoms with Crippen LogP contribution in [0.4, 0.5) is 14.0 Å². The van der Waals surface area contributed by atoms with Crippen LogP contribution in [0.3, 0.4) is 0 Å². The molecule has 1 aromatic carbocycles. The van der Waals surface area contributed by atoms with Crippen molar-refractivity contribution in [2.75, 3.05) is 13.1 Å². The zero-order valence-electron chi connectivity index (χ0n) is 26.5. The summed E-state index contributed by atoms with van der Waals surface area (Å²) in [7, 11) is 0. The van der Waals surface area contributed by atoms with E-state index in [2.05, 4.69) is 16.0 Å². The van der Waals surface area contributed by atoms with Crippen LogP contribution in [0.5, 0.6) is 0 Å². The van der Waals surface area contributed by atoms with Crippen molar-refractivity contribution in [1.29, 1.82) is 0 Å². The van der Waals surface area contributed by atoms with Gasteiger partial charge in [0.1, 0.15) is 29.5 Å². The van der Waals surface area contributed by atoms with Crippen molar-refractivity contribution >= 4 is 29.9 Å². The zero-order chi connectivity index (χ0) is 33.1. The fourth-order valence-electron chi connectivity index (χ4n) is 7.54. The number of ether oxygens (including phenoxy) is 1. The Balaban J connectivity index is 1.20. The molecule has 0 unspecified atom stereocenters. The smallest absolute Gasteiger partial charge is 0.410 e. The molecule has 1 aromatic rings. The summed E-state index contributed by atoms with van der Waals surface area (Å²) in [5.41, 5.74) is -0.202. The molecule has 5 atom stereocenters. The number of allylic oxidation sites excluding steroid dienone is 1. The fraction of sp³-hybridized carbons (Fsp3) is 0.618. The largest absolute Gasteiger partial charge is 0.479 e. The number of rotatable bonds is 4. The highest BCUT2D eigenvalue weighted by atomic mass is 19.1. The van der Waals surface area contributed by atoms with Crippen LogP contribution in [0.15, 0.2) is 30.4 Å². The maximum Gasteiger partial charge on any atom is 0.410 e. The van der Waals surface area contributed by atoms with Gasteiger partial charge in [-0.2, -0.15) is 0 Å². The van der Waals surface area contributed by atoms with Gasteiger partial charge in [-0.05, 0) is 62.1 Å². The van der Waals surface area contributed by atoms with Crippen LogP contribution >= 0.6 is 0 Å². The quantitative estimate of drug-likeness (QED) is 0.363. The Morgan fingerprint density at radius 3 is 2.62 bits per heavy atom. The second-order valence-electron chi connectivity index (χ2n) is 13.6. The Hall–Kier alpha value is -4.16. The van der Waals surface area contributed by atoms with Gasteiger partial charge in [-0.15, -0.1) is 0 Å². The third kappa shape index (κ3) is 7.23. The number of carbonyl (C=O) groups excluding carboxylic acids is 4. The van der Waals surface area contributed by atoms with E-state index in [1.165, 1.54) is 15.9 Å². The van der Waals surface area contributed by atoms with Gasteiger partial charge in [0.05, 0.1) is 6.54 Å². The van der Waals surface area contributed by atoms with Crippen molar-refractivity contribution in [3.05, 3.63) is 47.3 Å². The number of aliphatic carboxylic acids is 1. The predicted molar refractivity (Wildman–Crippen MR) is 167 cm³/mol. The lowest BCUT2D eigenvalue weighted by atomic mass is 9.99. The van der Waals surface area contributed by atoms with E-state index in [-0.39, 0.29) is 50.3 Å². The van der Waals surface area contributed by atoms with Crippen molar-refractivity contribution in [3.63, 3.8) is 0 Å². The maximum absolute atomic E-state index is 14.2. The number of carboxylic acid groups (broad SMARTS) is 1. The number of nitrogens with zero attached hydrogens (tertiary/aromatic N) is 2. The minimum Gasteiger partial charge on any atom is -0.479 e. The van der Waals surface area contributed by atoms with Crippen LogP contribution < -0.4 is 16.0 Å². The highest BCUT2D eigenvalue weighted by Crippen LogP contribution is 2.45. The number of hydrogen-bond donors (Lipinski definition) is 4. The Labute approximate surface area is 273 Å². The Kier molecular flexibility index (Phi) is 9.70. The highest BCUT2D eigenvalue weighted by Gasteiger charge is 2.61. The number of halogens is 1. The van der Waals surface area contributed by atoms with Crippen molar-refractivity contribution in [1.82, 2.24) is 25.8 Å². The highest BCUT2D eigenvalue weighted by molar-refractivity contribution is 5.96. The number of carbonyl (C=O) groups is 5. The first-order valence-electron chi connectivity index (χ1n) is 17.0. The van der Waals surface area contributed by atoms with E-state index in [9.17, 15) is 33.5 Å². The number of urea groups is 1. The van der Waals surface area contributed by atoms with Gasteiger partial charge < -0.3 is 35.6 Å². The number of benzene rings is 1. The van der Waals surface area contributed by atoms with Gasteiger partial charge in [0.25, 0.3) is 0 Å². The molecule has 4 N–H and O–H groups in total. The SMILES string of the molecule is O=C(NC1CCCC1)N[C@H]1CCCCCC=C[C@@H]2C[C@@]2(C(=O)O)NC(=O)[C@@H]2C[C@@H](OC(=O)N3CCc4c(F)cccc4C3)CN2C1=O. The number of hydrogen-bond acceptors (Lipinski definition) is 6. The molecule has 13 heteroatoms. The summed E-state index contributed by atoms with van der Waals surface area (Å²) >= 11 is 0. The number of nitrogens with one attached hydrogen (secondary N) is 3. The van der Waals surface area contributed by atoms with E-state index < -0.39 is 53.6 Å². The van der Waals surface area contributed by atoms with E-state index in [0.717, 1.165) is 44.9 Å². The third-order valence-corrected chi connectivity index (χ3v) is 10.4. The number of carboxylic acids is 1. The second-order valence-corrected chi connectivity index (χ2v) is 13.6. The summed E-state index contributed by atoms with van der Waals surface area (Å²) in [5.74, 6) is -2.94. The van der Waals surface area contributed by atoms with Gasteiger partial charge in [0, 0.05) is 31.5 Å². The number of fused-ring (bicyclic) bond motifs is 3. The Morgan fingerprint density at radius 1 is 1.04 bits per heavy atom. The molecule has 5 amide bonds. The zero-order valence-corrected chi connectivity index (χ0v) is 26.5. The Bertz CT molecular complexity index is 1430. The Morgan fingerprint density at radius 2 is 1.83 bits per heavy atom. The minimum absolute atomic E-state index is 0.0282. The molecular weight excluding hydrogens is 609 g/mol. The molecule has 1 saturated heterocycles. The molecule has 6 rings (SSSR count). The minimum atomic E-state index is -1.47. The summed E-state index contributed by atoms with van der Waals surface area (Å²) in [6.45, 7) is 0.334. The van der Waals surface area contributed by atoms with Crippen molar-refractivity contribution in [2.45, 2.75) is 113 Å². The second kappa shape index (κ2) is 13.9. The van der Waals surface area contributed by atoms with E-state index in [1.807, 2.05) is 12.2 Å². The summed E-state index contributed by atoms with van der Waals surface area (Å²) < 4.78 is 20.1. The number of amides is 5. The molecular formula is C34H44FN5O7. The van der Waals surface area contributed by atoms with E-state index in [1.54, 1.807) is 12.1 Å².